The normalized spacial score (nSPS) is 27.9. The fourth-order valence-corrected chi connectivity index (χ4v) is 5.10. The van der Waals surface area contributed by atoms with Crippen molar-refractivity contribution < 1.29 is 18.3 Å². The minimum atomic E-state index is -3.84. The van der Waals surface area contributed by atoms with Crippen LogP contribution < -0.4 is 10.5 Å². The molecule has 7 heteroatoms. The lowest BCUT2D eigenvalue weighted by atomic mass is 9.96. The third kappa shape index (κ3) is 2.63. The summed E-state index contributed by atoms with van der Waals surface area (Å²) in [5.74, 6) is -0.310. The Bertz CT molecular complexity index is 686. The summed E-state index contributed by atoms with van der Waals surface area (Å²) in [4.78, 5) is 11.0. The number of aromatic carboxylic acids is 1. The Labute approximate surface area is 123 Å². The van der Waals surface area contributed by atoms with Gasteiger partial charge in [0, 0.05) is 11.7 Å². The molecule has 0 spiro atoms. The van der Waals surface area contributed by atoms with Crippen molar-refractivity contribution in [2.24, 2.45) is 11.8 Å². The zero-order chi connectivity index (χ0) is 15.2. The lowest BCUT2D eigenvalue weighted by molar-refractivity contribution is 0.0692. The van der Waals surface area contributed by atoms with Crippen molar-refractivity contribution in [1.29, 1.82) is 0 Å². The summed E-state index contributed by atoms with van der Waals surface area (Å²) in [6, 6.07) is 3.77. The first-order valence-electron chi connectivity index (χ1n) is 7.02. The summed E-state index contributed by atoms with van der Waals surface area (Å²) < 4.78 is 27.7. The lowest BCUT2D eigenvalue weighted by Gasteiger charge is -2.23. The summed E-state index contributed by atoms with van der Waals surface area (Å²) in [7, 11) is -3.84. The van der Waals surface area contributed by atoms with Gasteiger partial charge in [0.2, 0.25) is 10.0 Å². The number of fused-ring (bicyclic) bond motifs is 2. The van der Waals surface area contributed by atoms with Gasteiger partial charge in [-0.1, -0.05) is 6.42 Å². The molecular formula is C14H18N2O4S. The summed E-state index contributed by atoms with van der Waals surface area (Å²) in [6.45, 7) is 0. The number of nitrogen functional groups attached to an aromatic ring is 1. The van der Waals surface area contributed by atoms with E-state index in [1.54, 1.807) is 0 Å². The Morgan fingerprint density at radius 1 is 1.29 bits per heavy atom. The smallest absolute Gasteiger partial charge is 0.337 e. The second-order valence-electron chi connectivity index (χ2n) is 5.96. The molecule has 6 nitrogen and oxygen atoms in total. The molecule has 2 aliphatic rings. The van der Waals surface area contributed by atoms with Gasteiger partial charge in [0.05, 0.1) is 10.5 Å². The quantitative estimate of drug-likeness (QED) is 0.729. The number of nitrogens with one attached hydrogen (secondary N) is 1. The molecule has 0 aromatic heterocycles. The number of carboxylic acids is 1. The Balaban J connectivity index is 1.90. The van der Waals surface area contributed by atoms with E-state index in [4.69, 9.17) is 5.73 Å². The molecule has 114 valence electrons. The first kappa shape index (κ1) is 14.3. The average Bonchev–Trinajstić information content (AvgIpc) is 2.99. The topological polar surface area (TPSA) is 109 Å². The number of hydrogen-bond donors (Lipinski definition) is 3. The molecular weight excluding hydrogens is 292 g/mol. The number of rotatable bonds is 4. The highest BCUT2D eigenvalue weighted by atomic mass is 32.2. The molecule has 3 atom stereocenters. The monoisotopic (exact) mass is 310 g/mol. The van der Waals surface area contributed by atoms with E-state index in [1.165, 1.54) is 24.6 Å². The number of benzene rings is 1. The van der Waals surface area contributed by atoms with Crippen LogP contribution >= 0.6 is 0 Å². The van der Waals surface area contributed by atoms with Crippen molar-refractivity contribution in [2.45, 2.75) is 36.6 Å². The fourth-order valence-electron chi connectivity index (χ4n) is 3.60. The second-order valence-corrected chi connectivity index (χ2v) is 7.65. The van der Waals surface area contributed by atoms with Gasteiger partial charge in [0.25, 0.3) is 0 Å². The molecule has 4 N–H and O–H groups in total. The summed E-state index contributed by atoms with van der Waals surface area (Å²) in [6.07, 6.45) is 4.14. The van der Waals surface area contributed by atoms with E-state index >= 15 is 0 Å². The van der Waals surface area contributed by atoms with Crippen LogP contribution in [0.15, 0.2) is 23.1 Å². The summed E-state index contributed by atoms with van der Waals surface area (Å²) in [5, 5.41) is 9.17. The molecule has 2 bridgehead atoms. The van der Waals surface area contributed by atoms with Crippen LogP contribution in [0.5, 0.6) is 0 Å². The van der Waals surface area contributed by atoms with E-state index in [0.717, 1.165) is 19.3 Å². The third-order valence-electron chi connectivity index (χ3n) is 4.57. The SMILES string of the molecule is Nc1ccc(S(=O)(=O)NC2CC3CCC2C3)c(C(=O)O)c1. The van der Waals surface area contributed by atoms with Gasteiger partial charge >= 0.3 is 5.97 Å². The molecule has 1 aromatic carbocycles. The maximum atomic E-state index is 12.5. The second kappa shape index (κ2) is 4.99. The van der Waals surface area contributed by atoms with Gasteiger partial charge in [-0.2, -0.15) is 0 Å². The lowest BCUT2D eigenvalue weighted by Crippen LogP contribution is -2.39. The van der Waals surface area contributed by atoms with Crippen molar-refractivity contribution in [2.75, 3.05) is 5.73 Å². The zero-order valence-corrected chi connectivity index (χ0v) is 12.3. The van der Waals surface area contributed by atoms with Crippen LogP contribution in [0.1, 0.15) is 36.0 Å². The third-order valence-corrected chi connectivity index (χ3v) is 6.12. The minimum Gasteiger partial charge on any atom is -0.478 e. The Kier molecular flexibility index (Phi) is 3.41. The minimum absolute atomic E-state index is 0.0760. The maximum absolute atomic E-state index is 12.5. The molecule has 3 unspecified atom stereocenters. The van der Waals surface area contributed by atoms with Gasteiger partial charge < -0.3 is 10.8 Å². The number of carbonyl (C=O) groups is 1. The Morgan fingerprint density at radius 3 is 2.62 bits per heavy atom. The largest absolute Gasteiger partial charge is 0.478 e. The first-order chi connectivity index (χ1) is 9.87. The van der Waals surface area contributed by atoms with Crippen molar-refractivity contribution in [3.8, 4) is 0 Å². The Hall–Kier alpha value is -1.60. The van der Waals surface area contributed by atoms with Crippen LogP contribution in [-0.4, -0.2) is 25.5 Å². The van der Waals surface area contributed by atoms with Gasteiger partial charge in [-0.05, 0) is 49.3 Å². The molecule has 0 saturated heterocycles. The summed E-state index contributed by atoms with van der Waals surface area (Å²) >= 11 is 0. The van der Waals surface area contributed by atoms with Crippen molar-refractivity contribution in [3.05, 3.63) is 23.8 Å². The molecule has 0 aliphatic heterocycles. The molecule has 0 radical (unpaired) electrons. The molecule has 2 saturated carbocycles. The van der Waals surface area contributed by atoms with Gasteiger partial charge in [0.1, 0.15) is 0 Å². The number of sulfonamides is 1. The highest BCUT2D eigenvalue weighted by molar-refractivity contribution is 7.89. The molecule has 21 heavy (non-hydrogen) atoms. The van der Waals surface area contributed by atoms with Crippen molar-refractivity contribution in [3.63, 3.8) is 0 Å². The van der Waals surface area contributed by atoms with Crippen LogP contribution in [0.4, 0.5) is 5.69 Å². The molecule has 3 rings (SSSR count). The van der Waals surface area contributed by atoms with E-state index in [2.05, 4.69) is 4.72 Å². The van der Waals surface area contributed by atoms with E-state index in [1.807, 2.05) is 0 Å². The van der Waals surface area contributed by atoms with Crippen LogP contribution in [-0.2, 0) is 10.0 Å². The number of anilines is 1. The molecule has 1 aromatic rings. The average molecular weight is 310 g/mol. The summed E-state index contributed by atoms with van der Waals surface area (Å²) in [5.41, 5.74) is 5.48. The highest BCUT2D eigenvalue weighted by Crippen LogP contribution is 2.44. The van der Waals surface area contributed by atoms with Crippen LogP contribution in [0, 0.1) is 11.8 Å². The zero-order valence-electron chi connectivity index (χ0n) is 11.5. The molecule has 2 fully saturated rings. The fraction of sp³-hybridized carbons (Fsp3) is 0.500. The molecule has 2 aliphatic carbocycles. The van der Waals surface area contributed by atoms with E-state index < -0.39 is 16.0 Å². The van der Waals surface area contributed by atoms with Crippen molar-refractivity contribution >= 4 is 21.7 Å². The molecule has 0 heterocycles. The number of hydrogen-bond acceptors (Lipinski definition) is 4. The highest BCUT2D eigenvalue weighted by Gasteiger charge is 2.41. The van der Waals surface area contributed by atoms with Crippen LogP contribution in [0.2, 0.25) is 0 Å². The number of carboxylic acid groups (broad SMARTS) is 1. The molecule has 0 amide bonds. The van der Waals surface area contributed by atoms with E-state index in [9.17, 15) is 18.3 Å². The van der Waals surface area contributed by atoms with Crippen LogP contribution in [0.3, 0.4) is 0 Å². The standard InChI is InChI=1S/C14H18N2O4S/c15-10-3-4-13(11(7-10)14(17)18)21(19,20)16-12-6-8-1-2-9(12)5-8/h3-4,7-9,12,16H,1-2,5-6,15H2,(H,17,18). The van der Waals surface area contributed by atoms with Crippen molar-refractivity contribution in [1.82, 2.24) is 4.72 Å². The van der Waals surface area contributed by atoms with E-state index in [0.29, 0.717) is 11.8 Å². The Morgan fingerprint density at radius 2 is 2.05 bits per heavy atom. The predicted molar refractivity (Wildman–Crippen MR) is 77.4 cm³/mol. The van der Waals surface area contributed by atoms with Gasteiger partial charge in [-0.15, -0.1) is 0 Å². The van der Waals surface area contributed by atoms with Gasteiger partial charge in [-0.25, -0.2) is 17.9 Å². The van der Waals surface area contributed by atoms with E-state index in [-0.39, 0.29) is 22.2 Å². The first-order valence-corrected chi connectivity index (χ1v) is 8.50. The maximum Gasteiger partial charge on any atom is 0.337 e. The predicted octanol–water partition coefficient (Wildman–Crippen LogP) is 1.43. The van der Waals surface area contributed by atoms with Gasteiger partial charge in [0.15, 0.2) is 0 Å². The van der Waals surface area contributed by atoms with Crippen LogP contribution in [0.25, 0.3) is 0 Å². The van der Waals surface area contributed by atoms with Gasteiger partial charge in [-0.3, -0.25) is 0 Å². The number of nitrogens with two attached hydrogens (primary N) is 1.